The van der Waals surface area contributed by atoms with Crippen LogP contribution in [0.2, 0.25) is 10.0 Å². The maximum atomic E-state index is 13.8. The molecule has 1 aliphatic heterocycles. The summed E-state index contributed by atoms with van der Waals surface area (Å²) < 4.78 is 12.2. The minimum atomic E-state index is -1.00. The Hall–Kier alpha value is -3.57. The average Bonchev–Trinajstić information content (AvgIpc) is 3.59. The zero-order valence-electron chi connectivity index (χ0n) is 26.0. The number of aromatic nitrogens is 2. The van der Waals surface area contributed by atoms with Crippen LogP contribution in [0.1, 0.15) is 54.1 Å². The highest BCUT2D eigenvalue weighted by Crippen LogP contribution is 2.46. The Morgan fingerprint density at radius 2 is 1.83 bits per heavy atom. The fourth-order valence-electron chi connectivity index (χ4n) is 5.00. The van der Waals surface area contributed by atoms with Crippen molar-refractivity contribution < 1.29 is 24.2 Å². The van der Waals surface area contributed by atoms with Crippen molar-refractivity contribution >= 4 is 68.9 Å². The number of benzene rings is 3. The molecule has 0 saturated carbocycles. The molecule has 1 N–H and O–H groups in total. The molecule has 1 fully saturated rings. The van der Waals surface area contributed by atoms with Gasteiger partial charge in [-0.05, 0) is 73.2 Å². The molecule has 1 unspecified atom stereocenters. The predicted molar refractivity (Wildman–Crippen MR) is 185 cm³/mol. The standard InChI is InChI=1S/C34H33Cl2N3O5S2/c1-18(2)12-13-44-26-11-9-21(15-27(26)43-5)29-28(30(40)24-14-19(3)6-7-20(24)4)31(41)32(42)39(29)33-37-38-34(46-33)45-17-22-8-10-23(35)16-25(22)36/h6-11,14-16,18,29,40H,12-13,17H2,1-5H3. The highest BCUT2D eigenvalue weighted by atomic mass is 35.5. The van der Waals surface area contributed by atoms with E-state index in [0.717, 1.165) is 23.1 Å². The first-order valence-electron chi connectivity index (χ1n) is 14.6. The van der Waals surface area contributed by atoms with Crippen molar-refractivity contribution in [3.63, 3.8) is 0 Å². The van der Waals surface area contributed by atoms with Gasteiger partial charge in [0.15, 0.2) is 15.8 Å². The van der Waals surface area contributed by atoms with E-state index in [1.54, 1.807) is 36.4 Å². The molecule has 2 heterocycles. The minimum Gasteiger partial charge on any atom is -0.507 e. The minimum absolute atomic E-state index is 0.0495. The molecule has 12 heteroatoms. The Morgan fingerprint density at radius 3 is 2.54 bits per heavy atom. The Labute approximate surface area is 286 Å². The zero-order chi connectivity index (χ0) is 33.1. The van der Waals surface area contributed by atoms with E-state index in [2.05, 4.69) is 24.0 Å². The Kier molecular flexibility index (Phi) is 10.6. The number of hydrogen-bond acceptors (Lipinski definition) is 9. The molecule has 8 nitrogen and oxygen atoms in total. The number of methoxy groups -OCH3 is 1. The lowest BCUT2D eigenvalue weighted by atomic mass is 9.93. The lowest BCUT2D eigenvalue weighted by molar-refractivity contribution is -0.132. The number of aliphatic hydroxyl groups excluding tert-OH is 1. The second-order valence-corrected chi connectivity index (χ2v) is 14.3. The number of amides is 1. The van der Waals surface area contributed by atoms with E-state index in [1.807, 2.05) is 32.0 Å². The number of carbonyl (C=O) groups is 2. The number of ether oxygens (including phenoxy) is 2. The van der Waals surface area contributed by atoms with Gasteiger partial charge in [0.2, 0.25) is 5.13 Å². The van der Waals surface area contributed by atoms with Gasteiger partial charge in [-0.1, -0.05) is 90.0 Å². The van der Waals surface area contributed by atoms with Crippen LogP contribution in [0.25, 0.3) is 5.76 Å². The number of ketones is 1. The van der Waals surface area contributed by atoms with Crippen molar-refractivity contribution in [2.75, 3.05) is 18.6 Å². The molecule has 1 amide bonds. The van der Waals surface area contributed by atoms with E-state index in [-0.39, 0.29) is 16.5 Å². The highest BCUT2D eigenvalue weighted by molar-refractivity contribution is 8.00. The lowest BCUT2D eigenvalue weighted by Gasteiger charge is -2.24. The average molecular weight is 699 g/mol. The largest absolute Gasteiger partial charge is 0.507 e. The number of aliphatic hydroxyl groups is 1. The predicted octanol–water partition coefficient (Wildman–Crippen LogP) is 8.81. The summed E-state index contributed by atoms with van der Waals surface area (Å²) in [5.41, 5.74) is 3.48. The van der Waals surface area contributed by atoms with Crippen molar-refractivity contribution in [1.29, 1.82) is 0 Å². The molecule has 5 rings (SSSR count). The van der Waals surface area contributed by atoms with Gasteiger partial charge in [-0.3, -0.25) is 14.5 Å². The third-order valence-corrected chi connectivity index (χ3v) is 10.2. The molecule has 1 saturated heterocycles. The van der Waals surface area contributed by atoms with Crippen LogP contribution in [0.3, 0.4) is 0 Å². The van der Waals surface area contributed by atoms with Crippen LogP contribution in [0.5, 0.6) is 11.5 Å². The number of anilines is 1. The molecule has 0 bridgehead atoms. The number of aryl methyl sites for hydroxylation is 2. The van der Waals surface area contributed by atoms with Gasteiger partial charge in [-0.25, -0.2) is 0 Å². The van der Waals surface area contributed by atoms with Crippen molar-refractivity contribution in [3.05, 3.63) is 98.0 Å². The molecule has 0 spiro atoms. The second kappa shape index (κ2) is 14.5. The van der Waals surface area contributed by atoms with Gasteiger partial charge < -0.3 is 14.6 Å². The first-order chi connectivity index (χ1) is 22.0. The molecular weight excluding hydrogens is 665 g/mol. The Balaban J connectivity index is 1.57. The van der Waals surface area contributed by atoms with E-state index in [0.29, 0.717) is 55.3 Å². The maximum Gasteiger partial charge on any atom is 0.301 e. The summed E-state index contributed by atoms with van der Waals surface area (Å²) >= 11 is 15.0. The number of hydrogen-bond donors (Lipinski definition) is 1. The molecule has 46 heavy (non-hydrogen) atoms. The van der Waals surface area contributed by atoms with E-state index >= 15 is 0 Å². The van der Waals surface area contributed by atoms with Gasteiger partial charge >= 0.3 is 5.91 Å². The third-order valence-electron chi connectivity index (χ3n) is 7.52. The molecule has 0 aliphatic carbocycles. The number of Topliss-reactive ketones (excluding diaryl/α,β-unsaturated/α-hetero) is 1. The van der Waals surface area contributed by atoms with E-state index < -0.39 is 17.7 Å². The summed E-state index contributed by atoms with van der Waals surface area (Å²) in [6.07, 6.45) is 0.864. The first kappa shape index (κ1) is 33.8. The van der Waals surface area contributed by atoms with E-state index in [9.17, 15) is 14.7 Å². The quantitative estimate of drug-likeness (QED) is 0.0545. The summed E-state index contributed by atoms with van der Waals surface area (Å²) in [6.45, 7) is 8.48. The Bertz CT molecular complexity index is 1820. The zero-order valence-corrected chi connectivity index (χ0v) is 29.1. The Morgan fingerprint density at radius 1 is 1.04 bits per heavy atom. The normalized spacial score (nSPS) is 16.0. The fraction of sp³-hybridized carbons (Fsp3) is 0.294. The first-order valence-corrected chi connectivity index (χ1v) is 17.1. The molecular formula is C34H33Cl2N3O5S2. The topological polar surface area (TPSA) is 102 Å². The van der Waals surface area contributed by atoms with Crippen LogP contribution in [-0.2, 0) is 15.3 Å². The van der Waals surface area contributed by atoms with Crippen molar-refractivity contribution in [1.82, 2.24) is 10.2 Å². The van der Waals surface area contributed by atoms with Crippen molar-refractivity contribution in [3.8, 4) is 11.5 Å². The highest BCUT2D eigenvalue weighted by Gasteiger charge is 2.48. The summed E-state index contributed by atoms with van der Waals surface area (Å²) in [5.74, 6) is 0.0295. The van der Waals surface area contributed by atoms with E-state index in [1.165, 1.54) is 35.1 Å². The van der Waals surface area contributed by atoms with E-state index in [4.69, 9.17) is 32.7 Å². The van der Waals surface area contributed by atoms with Crippen LogP contribution in [0.4, 0.5) is 5.13 Å². The molecule has 1 aromatic heterocycles. The van der Waals surface area contributed by atoms with Gasteiger partial charge in [0.05, 0.1) is 25.3 Å². The van der Waals surface area contributed by atoms with Crippen LogP contribution in [-0.4, -0.2) is 40.7 Å². The SMILES string of the molecule is COc1cc(C2C(=C(O)c3cc(C)ccc3C)C(=O)C(=O)N2c2nnc(SCc3ccc(Cl)cc3Cl)s2)ccc1OCCC(C)C. The molecule has 240 valence electrons. The molecule has 1 atom stereocenters. The van der Waals surface area contributed by atoms with Gasteiger partial charge in [0.25, 0.3) is 5.78 Å². The summed E-state index contributed by atoms with van der Waals surface area (Å²) in [5, 5.41) is 21.6. The van der Waals surface area contributed by atoms with Gasteiger partial charge in [0.1, 0.15) is 5.76 Å². The van der Waals surface area contributed by atoms with Crippen molar-refractivity contribution in [2.24, 2.45) is 5.92 Å². The summed E-state index contributed by atoms with van der Waals surface area (Å²) in [4.78, 5) is 28.8. The maximum absolute atomic E-state index is 13.8. The number of rotatable bonds is 11. The van der Waals surface area contributed by atoms with Crippen LogP contribution in [0.15, 0.2) is 64.5 Å². The smallest absolute Gasteiger partial charge is 0.301 e. The lowest BCUT2D eigenvalue weighted by Crippen LogP contribution is -2.29. The van der Waals surface area contributed by atoms with Crippen LogP contribution >= 0.6 is 46.3 Å². The van der Waals surface area contributed by atoms with Crippen LogP contribution in [0, 0.1) is 19.8 Å². The number of carbonyl (C=O) groups excluding carboxylic acids is 2. The number of thioether (sulfide) groups is 1. The summed E-state index contributed by atoms with van der Waals surface area (Å²) in [7, 11) is 1.53. The third kappa shape index (κ3) is 7.20. The molecule has 1 aliphatic rings. The molecule has 3 aromatic carbocycles. The number of halogens is 2. The fourth-order valence-corrected chi connectivity index (χ4v) is 7.42. The molecule has 4 aromatic rings. The number of nitrogens with zero attached hydrogens (tertiary/aromatic N) is 3. The van der Waals surface area contributed by atoms with Crippen molar-refractivity contribution in [2.45, 2.75) is 50.3 Å². The summed E-state index contributed by atoms with van der Waals surface area (Å²) in [6, 6.07) is 15.1. The van der Waals surface area contributed by atoms with Gasteiger partial charge in [0, 0.05) is 21.4 Å². The van der Waals surface area contributed by atoms with Crippen LogP contribution < -0.4 is 14.4 Å². The monoisotopic (exact) mass is 697 g/mol. The van der Waals surface area contributed by atoms with Gasteiger partial charge in [-0.2, -0.15) is 0 Å². The molecule has 0 radical (unpaired) electrons. The van der Waals surface area contributed by atoms with Gasteiger partial charge in [-0.15, -0.1) is 10.2 Å². The second-order valence-electron chi connectivity index (χ2n) is 11.3.